The van der Waals surface area contributed by atoms with Gasteiger partial charge in [-0.2, -0.15) is 4.99 Å². The Kier molecular flexibility index (Phi) is 5.66. The molecule has 0 N–H and O–H groups in total. The second-order valence-electron chi connectivity index (χ2n) is 7.77. The molecule has 3 aromatic carbocycles. The molecule has 1 nitrogen and oxygen atoms in total. The van der Waals surface area contributed by atoms with E-state index in [9.17, 15) is 4.39 Å². The lowest BCUT2D eigenvalue weighted by atomic mass is 9.80. The van der Waals surface area contributed by atoms with Crippen LogP contribution in [-0.2, 0) is 12.8 Å². The quantitative estimate of drug-likeness (QED) is 0.322. The van der Waals surface area contributed by atoms with Gasteiger partial charge in [0.25, 0.3) is 0 Å². The van der Waals surface area contributed by atoms with Crippen LogP contribution in [-0.4, -0.2) is 5.16 Å². The predicted molar refractivity (Wildman–Crippen MR) is 119 cm³/mol. The van der Waals surface area contributed by atoms with Gasteiger partial charge in [-0.05, 0) is 77.2 Å². The minimum Gasteiger partial charge on any atom is -0.204 e. The van der Waals surface area contributed by atoms with Gasteiger partial charge in [0, 0.05) is 5.39 Å². The van der Waals surface area contributed by atoms with Gasteiger partial charge in [-0.1, -0.05) is 62.6 Å². The van der Waals surface area contributed by atoms with Crippen LogP contribution in [0.5, 0.6) is 0 Å². The highest BCUT2D eigenvalue weighted by Crippen LogP contribution is 2.34. The van der Waals surface area contributed by atoms with Gasteiger partial charge < -0.3 is 0 Å². The Morgan fingerprint density at radius 1 is 1.07 bits per heavy atom. The van der Waals surface area contributed by atoms with Crippen LogP contribution in [0.1, 0.15) is 43.7 Å². The Labute approximate surface area is 171 Å². The zero-order valence-electron chi connectivity index (χ0n) is 16.2. The van der Waals surface area contributed by atoms with E-state index in [1.807, 2.05) is 18.2 Å². The van der Waals surface area contributed by atoms with Gasteiger partial charge in [0.2, 0.25) is 0 Å². The number of nitrogens with zero attached hydrogens (tertiary/aromatic N) is 1. The summed E-state index contributed by atoms with van der Waals surface area (Å²) in [6.45, 7) is 2.27. The molecule has 0 radical (unpaired) electrons. The second-order valence-corrected chi connectivity index (χ2v) is 7.95. The van der Waals surface area contributed by atoms with Crippen molar-refractivity contribution in [2.24, 2.45) is 10.9 Å². The van der Waals surface area contributed by atoms with E-state index in [-0.39, 0.29) is 11.5 Å². The van der Waals surface area contributed by atoms with E-state index < -0.39 is 0 Å². The molecule has 1 atom stereocenters. The molecule has 0 saturated heterocycles. The lowest BCUT2D eigenvalue weighted by Gasteiger charge is -2.25. The summed E-state index contributed by atoms with van der Waals surface area (Å²) in [5.74, 6) is 0.496. The summed E-state index contributed by atoms with van der Waals surface area (Å²) in [6, 6.07) is 16.3. The molecule has 3 heteroatoms. The van der Waals surface area contributed by atoms with E-state index in [2.05, 4.69) is 53.6 Å². The summed E-state index contributed by atoms with van der Waals surface area (Å²) in [5, 5.41) is 3.67. The van der Waals surface area contributed by atoms with Gasteiger partial charge in [-0.3, -0.25) is 0 Å². The number of isothiocyanates is 1. The first kappa shape index (κ1) is 19.0. The molecule has 0 aliphatic heterocycles. The van der Waals surface area contributed by atoms with Gasteiger partial charge in [0.1, 0.15) is 5.69 Å². The third kappa shape index (κ3) is 3.78. The fourth-order valence-electron chi connectivity index (χ4n) is 4.34. The van der Waals surface area contributed by atoms with Crippen LogP contribution in [0.15, 0.2) is 53.5 Å². The van der Waals surface area contributed by atoms with Crippen molar-refractivity contribution >= 4 is 33.8 Å². The van der Waals surface area contributed by atoms with Crippen LogP contribution in [0.3, 0.4) is 0 Å². The van der Waals surface area contributed by atoms with Crippen LogP contribution in [0, 0.1) is 11.7 Å². The fraction of sp³-hybridized carbons (Fsp3) is 0.320. The second kappa shape index (κ2) is 8.34. The molecule has 0 heterocycles. The lowest BCUT2D eigenvalue weighted by molar-refractivity contribution is 0.413. The number of fused-ring (bicyclic) bond motifs is 2. The minimum atomic E-state index is -0.343. The molecule has 0 aromatic heterocycles. The van der Waals surface area contributed by atoms with Crippen LogP contribution in [0.2, 0.25) is 0 Å². The van der Waals surface area contributed by atoms with Crippen LogP contribution in [0.4, 0.5) is 10.1 Å². The first-order valence-electron chi connectivity index (χ1n) is 10.1. The first-order valence-corrected chi connectivity index (χ1v) is 10.5. The number of hydrogen-bond donors (Lipinski definition) is 0. The van der Waals surface area contributed by atoms with E-state index in [1.165, 1.54) is 55.2 Å². The van der Waals surface area contributed by atoms with Gasteiger partial charge in [0.05, 0.1) is 5.16 Å². The van der Waals surface area contributed by atoms with Crippen molar-refractivity contribution in [3.05, 3.63) is 65.5 Å². The third-order valence-corrected chi connectivity index (χ3v) is 6.03. The number of hydrogen-bond acceptors (Lipinski definition) is 2. The molecule has 0 spiro atoms. The molecule has 3 aromatic rings. The maximum Gasteiger partial charge on any atom is 0.157 e. The summed E-state index contributed by atoms with van der Waals surface area (Å²) < 4.78 is 14.6. The highest BCUT2D eigenvalue weighted by Gasteiger charge is 2.18. The van der Waals surface area contributed by atoms with E-state index in [1.54, 1.807) is 6.07 Å². The van der Waals surface area contributed by atoms with Crippen molar-refractivity contribution < 1.29 is 4.39 Å². The molecular weight excluding hydrogens is 365 g/mol. The van der Waals surface area contributed by atoms with Crippen molar-refractivity contribution in [2.45, 2.75) is 45.4 Å². The smallest absolute Gasteiger partial charge is 0.157 e. The SMILES string of the molecule is CCCCC1CCc2cc(-c3ccc4c(F)c(N=C=S)ccc4c3)ccc2C1. The summed E-state index contributed by atoms with van der Waals surface area (Å²) >= 11 is 4.59. The zero-order valence-corrected chi connectivity index (χ0v) is 17.0. The van der Waals surface area contributed by atoms with Crippen molar-refractivity contribution in [2.75, 3.05) is 0 Å². The molecule has 0 fully saturated rings. The standard InChI is InChI=1S/C25H24FNS/c1-2-3-4-17-5-6-19-14-20(8-7-18(19)13-17)21-9-11-23-22(15-21)10-12-24(25(23)26)27-16-28/h7-12,14-15,17H,2-6,13H2,1H3. The molecule has 4 rings (SSSR count). The molecular formula is C25H24FNS. The third-order valence-electron chi connectivity index (χ3n) is 5.94. The summed E-state index contributed by atoms with van der Waals surface area (Å²) in [5.41, 5.74) is 5.54. The Hall–Kier alpha value is -2.35. The Balaban J connectivity index is 1.64. The number of thiocarbonyl (C=S) groups is 1. The predicted octanol–water partition coefficient (Wildman–Crippen LogP) is 7.68. The molecule has 1 aliphatic rings. The molecule has 0 bridgehead atoms. The number of unbranched alkanes of at least 4 members (excludes halogenated alkanes) is 1. The maximum absolute atomic E-state index is 14.6. The van der Waals surface area contributed by atoms with Crippen molar-refractivity contribution in [1.29, 1.82) is 0 Å². The van der Waals surface area contributed by atoms with Crippen LogP contribution >= 0.6 is 12.2 Å². The van der Waals surface area contributed by atoms with E-state index in [4.69, 9.17) is 0 Å². The number of rotatable bonds is 5. The first-order chi connectivity index (χ1) is 13.7. The van der Waals surface area contributed by atoms with E-state index >= 15 is 0 Å². The highest BCUT2D eigenvalue weighted by atomic mass is 32.1. The lowest BCUT2D eigenvalue weighted by Crippen LogP contribution is -2.14. The fourth-order valence-corrected chi connectivity index (χ4v) is 4.44. The average molecular weight is 390 g/mol. The van der Waals surface area contributed by atoms with Crippen molar-refractivity contribution in [3.8, 4) is 11.1 Å². The zero-order chi connectivity index (χ0) is 19.5. The number of aryl methyl sites for hydroxylation is 1. The normalized spacial score (nSPS) is 15.9. The van der Waals surface area contributed by atoms with Crippen LogP contribution < -0.4 is 0 Å². The molecule has 0 saturated carbocycles. The summed E-state index contributed by atoms with van der Waals surface area (Å²) in [6.07, 6.45) is 7.64. The Bertz CT molecular complexity index is 1070. The minimum absolute atomic E-state index is 0.238. The molecule has 28 heavy (non-hydrogen) atoms. The molecule has 142 valence electrons. The van der Waals surface area contributed by atoms with Gasteiger partial charge in [-0.15, -0.1) is 0 Å². The van der Waals surface area contributed by atoms with Gasteiger partial charge in [0.15, 0.2) is 5.82 Å². The Morgan fingerprint density at radius 3 is 2.71 bits per heavy atom. The van der Waals surface area contributed by atoms with Gasteiger partial charge >= 0.3 is 0 Å². The molecule has 0 amide bonds. The van der Waals surface area contributed by atoms with Crippen LogP contribution in [0.25, 0.3) is 21.9 Å². The molecule has 1 aliphatic carbocycles. The summed E-state index contributed by atoms with van der Waals surface area (Å²) in [7, 11) is 0. The maximum atomic E-state index is 14.6. The average Bonchev–Trinajstić information content (AvgIpc) is 2.73. The number of benzene rings is 3. The van der Waals surface area contributed by atoms with Crippen molar-refractivity contribution in [1.82, 2.24) is 0 Å². The summed E-state index contributed by atoms with van der Waals surface area (Å²) in [4.78, 5) is 3.80. The molecule has 1 unspecified atom stereocenters. The number of halogens is 1. The van der Waals surface area contributed by atoms with E-state index in [0.717, 1.165) is 16.9 Å². The number of aliphatic imine (C=N–C) groups is 1. The largest absolute Gasteiger partial charge is 0.204 e. The monoisotopic (exact) mass is 389 g/mol. The van der Waals surface area contributed by atoms with Gasteiger partial charge in [-0.25, -0.2) is 4.39 Å². The topological polar surface area (TPSA) is 12.4 Å². The Morgan fingerprint density at radius 2 is 1.89 bits per heavy atom. The van der Waals surface area contributed by atoms with Crippen molar-refractivity contribution in [3.63, 3.8) is 0 Å². The highest BCUT2D eigenvalue weighted by molar-refractivity contribution is 7.78. The van der Waals surface area contributed by atoms with E-state index in [0.29, 0.717) is 5.39 Å².